The molecule has 1 aliphatic rings. The lowest BCUT2D eigenvalue weighted by Crippen LogP contribution is -2.52. The Hall–Kier alpha value is -0.910. The summed E-state index contributed by atoms with van der Waals surface area (Å²) < 4.78 is 0. The minimum atomic E-state index is 0.132. The van der Waals surface area contributed by atoms with E-state index < -0.39 is 0 Å². The van der Waals surface area contributed by atoms with Crippen molar-refractivity contribution in [1.82, 2.24) is 15.1 Å². The third kappa shape index (κ3) is 5.30. The highest BCUT2D eigenvalue weighted by atomic mass is 32.1. The lowest BCUT2D eigenvalue weighted by atomic mass is 10.0. The summed E-state index contributed by atoms with van der Waals surface area (Å²) in [6.07, 6.45) is 0.602. The summed E-state index contributed by atoms with van der Waals surface area (Å²) in [5, 5.41) is 5.37. The number of nitrogens with zero attached hydrogens (tertiary/aromatic N) is 2. The summed E-state index contributed by atoms with van der Waals surface area (Å²) in [5.41, 5.74) is 0. The van der Waals surface area contributed by atoms with Crippen molar-refractivity contribution in [2.45, 2.75) is 46.2 Å². The second kappa shape index (κ2) is 8.81. The van der Waals surface area contributed by atoms with E-state index in [9.17, 15) is 4.79 Å². The Labute approximate surface area is 144 Å². The van der Waals surface area contributed by atoms with Crippen LogP contribution in [-0.4, -0.2) is 54.5 Å². The summed E-state index contributed by atoms with van der Waals surface area (Å²) >= 11 is 1.79. The minimum absolute atomic E-state index is 0.132. The van der Waals surface area contributed by atoms with Gasteiger partial charge < -0.3 is 10.2 Å². The van der Waals surface area contributed by atoms with Crippen LogP contribution in [0.4, 0.5) is 0 Å². The first-order valence-corrected chi connectivity index (χ1v) is 9.68. The van der Waals surface area contributed by atoms with Gasteiger partial charge in [0.1, 0.15) is 0 Å². The maximum absolute atomic E-state index is 12.2. The van der Waals surface area contributed by atoms with Crippen LogP contribution >= 0.6 is 11.3 Å². The zero-order chi connectivity index (χ0) is 16.8. The van der Waals surface area contributed by atoms with Crippen LogP contribution in [0.3, 0.4) is 0 Å². The Balaban J connectivity index is 2.04. The maximum Gasteiger partial charge on any atom is 0.220 e. The smallest absolute Gasteiger partial charge is 0.220 e. The van der Waals surface area contributed by atoms with Crippen molar-refractivity contribution >= 4 is 17.2 Å². The molecule has 1 aliphatic heterocycles. The number of carbonyl (C=O) groups excluding carboxylic acids is 1. The number of amides is 1. The zero-order valence-electron chi connectivity index (χ0n) is 14.9. The standard InChI is InChI=1S/C18H31N3OS/c1-5-20-8-10-21(11-9-20)18(16-7-6-12-23-16)15(4)19-17(22)13-14(2)3/h6-7,12,14-15,18H,5,8-11,13H2,1-4H3,(H,19,22)/t15-,18+/m1/s1. The fraction of sp³-hybridized carbons (Fsp3) is 0.722. The molecular formula is C18H31N3OS. The summed E-state index contributed by atoms with van der Waals surface area (Å²) in [6.45, 7) is 14.0. The van der Waals surface area contributed by atoms with Gasteiger partial charge in [-0.1, -0.05) is 26.8 Å². The molecule has 1 aromatic rings. The van der Waals surface area contributed by atoms with Crippen molar-refractivity contribution in [3.05, 3.63) is 22.4 Å². The lowest BCUT2D eigenvalue weighted by molar-refractivity contribution is -0.122. The molecule has 0 bridgehead atoms. The average molecular weight is 338 g/mol. The molecule has 2 rings (SSSR count). The summed E-state index contributed by atoms with van der Waals surface area (Å²) in [6, 6.07) is 4.73. The van der Waals surface area contributed by atoms with Crippen LogP contribution < -0.4 is 5.32 Å². The molecular weight excluding hydrogens is 306 g/mol. The molecule has 0 spiro atoms. The lowest BCUT2D eigenvalue weighted by Gasteiger charge is -2.41. The molecule has 0 unspecified atom stereocenters. The third-order valence-corrected chi connectivity index (χ3v) is 5.48. The number of likely N-dealkylation sites (N-methyl/N-ethyl adjacent to an activating group) is 1. The van der Waals surface area contributed by atoms with Crippen LogP contribution in [0.2, 0.25) is 0 Å². The van der Waals surface area contributed by atoms with Gasteiger partial charge in [0.15, 0.2) is 0 Å². The van der Waals surface area contributed by atoms with Gasteiger partial charge in [0, 0.05) is 43.5 Å². The van der Waals surface area contributed by atoms with Crippen molar-refractivity contribution in [3.63, 3.8) is 0 Å². The Morgan fingerprint density at radius 3 is 2.48 bits per heavy atom. The number of hydrogen-bond donors (Lipinski definition) is 1. The molecule has 1 fully saturated rings. The van der Waals surface area contributed by atoms with E-state index in [4.69, 9.17) is 0 Å². The normalized spacial score (nSPS) is 19.7. The van der Waals surface area contributed by atoms with Gasteiger partial charge in [-0.3, -0.25) is 9.69 Å². The van der Waals surface area contributed by atoms with Gasteiger partial charge in [-0.05, 0) is 30.8 Å². The fourth-order valence-electron chi connectivity index (χ4n) is 3.32. The maximum atomic E-state index is 12.2. The summed E-state index contributed by atoms with van der Waals surface area (Å²) in [4.78, 5) is 18.6. The van der Waals surface area contributed by atoms with Crippen LogP contribution in [-0.2, 0) is 4.79 Å². The van der Waals surface area contributed by atoms with Crippen molar-refractivity contribution in [3.8, 4) is 0 Å². The zero-order valence-corrected chi connectivity index (χ0v) is 15.7. The molecule has 0 radical (unpaired) electrons. The molecule has 1 amide bonds. The van der Waals surface area contributed by atoms with Gasteiger partial charge in [0.05, 0.1) is 6.04 Å². The number of carbonyl (C=O) groups is 1. The van der Waals surface area contributed by atoms with Gasteiger partial charge in [-0.2, -0.15) is 0 Å². The molecule has 23 heavy (non-hydrogen) atoms. The van der Waals surface area contributed by atoms with E-state index in [1.807, 2.05) is 0 Å². The van der Waals surface area contributed by atoms with E-state index in [0.717, 1.165) is 32.7 Å². The topological polar surface area (TPSA) is 35.6 Å². The molecule has 2 atom stereocenters. The van der Waals surface area contributed by atoms with Gasteiger partial charge in [0.25, 0.3) is 0 Å². The highest BCUT2D eigenvalue weighted by Crippen LogP contribution is 2.29. The number of thiophene rings is 1. The van der Waals surface area contributed by atoms with Crippen LogP contribution in [0.1, 0.15) is 45.0 Å². The predicted molar refractivity (Wildman–Crippen MR) is 97.8 cm³/mol. The first-order valence-electron chi connectivity index (χ1n) is 8.80. The van der Waals surface area contributed by atoms with Gasteiger partial charge in [0.2, 0.25) is 5.91 Å². The fourth-order valence-corrected chi connectivity index (χ4v) is 4.29. The molecule has 2 heterocycles. The van der Waals surface area contributed by atoms with Crippen LogP contribution in [0.15, 0.2) is 17.5 Å². The summed E-state index contributed by atoms with van der Waals surface area (Å²) in [7, 11) is 0. The monoisotopic (exact) mass is 337 g/mol. The van der Waals surface area contributed by atoms with E-state index in [1.54, 1.807) is 11.3 Å². The van der Waals surface area contributed by atoms with Crippen LogP contribution in [0.5, 0.6) is 0 Å². The van der Waals surface area contributed by atoms with E-state index in [2.05, 4.69) is 60.3 Å². The Morgan fingerprint density at radius 2 is 1.96 bits per heavy atom. The van der Waals surface area contributed by atoms with Crippen LogP contribution in [0, 0.1) is 5.92 Å². The van der Waals surface area contributed by atoms with Crippen LogP contribution in [0.25, 0.3) is 0 Å². The molecule has 0 aliphatic carbocycles. The van der Waals surface area contributed by atoms with Gasteiger partial charge in [-0.25, -0.2) is 0 Å². The Morgan fingerprint density at radius 1 is 1.26 bits per heavy atom. The number of hydrogen-bond acceptors (Lipinski definition) is 4. The van der Waals surface area contributed by atoms with Gasteiger partial charge in [-0.15, -0.1) is 11.3 Å². The van der Waals surface area contributed by atoms with Crippen molar-refractivity contribution in [2.24, 2.45) is 5.92 Å². The largest absolute Gasteiger partial charge is 0.352 e. The van der Waals surface area contributed by atoms with Crippen molar-refractivity contribution < 1.29 is 4.79 Å². The number of rotatable bonds is 7. The van der Waals surface area contributed by atoms with Crippen molar-refractivity contribution in [2.75, 3.05) is 32.7 Å². The van der Waals surface area contributed by atoms with E-state index in [-0.39, 0.29) is 18.0 Å². The third-order valence-electron chi connectivity index (χ3n) is 4.54. The second-order valence-electron chi connectivity index (χ2n) is 6.88. The number of piperazine rings is 1. The highest BCUT2D eigenvalue weighted by Gasteiger charge is 2.30. The Kier molecular flexibility index (Phi) is 7.06. The first-order chi connectivity index (χ1) is 11.0. The molecule has 1 N–H and O–H groups in total. The molecule has 1 aromatic heterocycles. The average Bonchev–Trinajstić information content (AvgIpc) is 3.01. The SMILES string of the molecule is CCN1CCN([C@H](c2cccs2)[C@@H](C)NC(=O)CC(C)C)CC1. The highest BCUT2D eigenvalue weighted by molar-refractivity contribution is 7.10. The molecule has 130 valence electrons. The molecule has 0 saturated carbocycles. The Bertz CT molecular complexity index is 467. The second-order valence-corrected chi connectivity index (χ2v) is 7.86. The summed E-state index contributed by atoms with van der Waals surface area (Å²) in [5.74, 6) is 0.566. The molecule has 5 heteroatoms. The van der Waals surface area contributed by atoms with E-state index in [0.29, 0.717) is 12.3 Å². The van der Waals surface area contributed by atoms with E-state index in [1.165, 1.54) is 4.88 Å². The van der Waals surface area contributed by atoms with Crippen molar-refractivity contribution in [1.29, 1.82) is 0 Å². The molecule has 4 nitrogen and oxygen atoms in total. The minimum Gasteiger partial charge on any atom is -0.352 e. The van der Waals surface area contributed by atoms with E-state index >= 15 is 0 Å². The quantitative estimate of drug-likeness (QED) is 0.831. The predicted octanol–water partition coefficient (Wildman–Crippen LogP) is 2.98. The molecule has 1 saturated heterocycles. The van der Waals surface area contributed by atoms with Gasteiger partial charge >= 0.3 is 0 Å². The molecule has 0 aromatic carbocycles. The number of nitrogens with one attached hydrogen (secondary N) is 1. The first kappa shape index (κ1) is 18.4.